The Morgan fingerprint density at radius 2 is 2.42 bits per heavy atom. The normalized spacial score (nSPS) is 34.8. The van der Waals surface area contributed by atoms with Crippen molar-refractivity contribution in [3.05, 3.63) is 18.0 Å². The second-order valence-corrected chi connectivity index (χ2v) is 3.57. The summed E-state index contributed by atoms with van der Waals surface area (Å²) in [5, 5.41) is 14.1. The Kier molecular flexibility index (Phi) is 1.49. The molecule has 2 rings (SSSR count). The predicted molar refractivity (Wildman–Crippen MR) is 44.3 cm³/mol. The van der Waals surface area contributed by atoms with E-state index in [4.69, 9.17) is 5.73 Å². The van der Waals surface area contributed by atoms with Crippen LogP contribution in [0.2, 0.25) is 0 Å². The summed E-state index contributed by atoms with van der Waals surface area (Å²) in [6, 6.07) is 1.98. The lowest BCUT2D eigenvalue weighted by atomic mass is 9.74. The van der Waals surface area contributed by atoms with E-state index >= 15 is 0 Å². The summed E-state index contributed by atoms with van der Waals surface area (Å²) in [6.07, 6.45) is 3.09. The van der Waals surface area contributed by atoms with E-state index in [-0.39, 0.29) is 6.04 Å². The van der Waals surface area contributed by atoms with Crippen LogP contribution in [0.15, 0.2) is 12.3 Å². The van der Waals surface area contributed by atoms with Crippen molar-refractivity contribution in [2.24, 2.45) is 12.8 Å². The van der Waals surface area contributed by atoms with E-state index in [1.54, 1.807) is 4.68 Å². The van der Waals surface area contributed by atoms with Crippen molar-refractivity contribution in [2.45, 2.75) is 24.5 Å². The highest BCUT2D eigenvalue weighted by Gasteiger charge is 2.43. The molecule has 0 spiro atoms. The molecule has 66 valence electrons. The van der Waals surface area contributed by atoms with Crippen molar-refractivity contribution < 1.29 is 5.11 Å². The van der Waals surface area contributed by atoms with Crippen LogP contribution in [-0.4, -0.2) is 20.9 Å². The lowest BCUT2D eigenvalue weighted by Crippen LogP contribution is -2.49. The second-order valence-electron chi connectivity index (χ2n) is 3.57. The molecule has 0 bridgehead atoms. The molecule has 4 heteroatoms. The van der Waals surface area contributed by atoms with Crippen LogP contribution < -0.4 is 5.73 Å². The van der Waals surface area contributed by atoms with Crippen LogP contribution in [0.3, 0.4) is 0 Å². The topological polar surface area (TPSA) is 64.1 Å². The van der Waals surface area contributed by atoms with Gasteiger partial charge in [-0.15, -0.1) is 0 Å². The molecule has 1 aliphatic rings. The van der Waals surface area contributed by atoms with Gasteiger partial charge in [-0.25, -0.2) is 0 Å². The maximum absolute atomic E-state index is 9.91. The number of aryl methyl sites for hydroxylation is 1. The molecule has 1 heterocycles. The fraction of sp³-hybridized carbons (Fsp3) is 0.625. The van der Waals surface area contributed by atoms with E-state index in [0.717, 1.165) is 5.69 Å². The minimum atomic E-state index is -0.749. The quantitative estimate of drug-likeness (QED) is 0.605. The van der Waals surface area contributed by atoms with E-state index in [0.29, 0.717) is 12.8 Å². The standard InChI is InChI=1S/C8H13N3O/c1-11-3-2-7(10-11)8(12)4-6(9)5-8/h2-3,6,12H,4-5,9H2,1H3. The van der Waals surface area contributed by atoms with Gasteiger partial charge in [0.25, 0.3) is 0 Å². The summed E-state index contributed by atoms with van der Waals surface area (Å²) < 4.78 is 1.69. The predicted octanol–water partition coefficient (Wildman–Crippen LogP) is -0.271. The summed E-state index contributed by atoms with van der Waals surface area (Å²) in [4.78, 5) is 0. The Labute approximate surface area is 71.0 Å². The van der Waals surface area contributed by atoms with E-state index in [1.165, 1.54) is 0 Å². The maximum Gasteiger partial charge on any atom is 0.111 e. The van der Waals surface area contributed by atoms with Crippen molar-refractivity contribution >= 4 is 0 Å². The third kappa shape index (κ3) is 1.04. The molecule has 0 amide bonds. The molecule has 0 unspecified atom stereocenters. The van der Waals surface area contributed by atoms with Crippen LogP contribution >= 0.6 is 0 Å². The van der Waals surface area contributed by atoms with Crippen molar-refractivity contribution in [3.63, 3.8) is 0 Å². The molecule has 0 atom stereocenters. The molecule has 1 aromatic rings. The molecule has 0 aliphatic heterocycles. The summed E-state index contributed by atoms with van der Waals surface area (Å²) in [7, 11) is 1.84. The Morgan fingerprint density at radius 3 is 2.83 bits per heavy atom. The molecule has 0 saturated heterocycles. The van der Waals surface area contributed by atoms with Gasteiger partial charge < -0.3 is 10.8 Å². The monoisotopic (exact) mass is 167 g/mol. The van der Waals surface area contributed by atoms with E-state index in [9.17, 15) is 5.11 Å². The molecule has 3 N–H and O–H groups in total. The summed E-state index contributed by atoms with van der Waals surface area (Å²) >= 11 is 0. The Hall–Kier alpha value is -0.870. The fourth-order valence-corrected chi connectivity index (χ4v) is 1.68. The van der Waals surface area contributed by atoms with E-state index in [1.807, 2.05) is 19.3 Å². The largest absolute Gasteiger partial charge is 0.383 e. The molecule has 12 heavy (non-hydrogen) atoms. The van der Waals surface area contributed by atoms with Crippen LogP contribution in [-0.2, 0) is 12.6 Å². The first-order chi connectivity index (χ1) is 5.60. The SMILES string of the molecule is Cn1ccc(C2(O)CC(N)C2)n1. The van der Waals surface area contributed by atoms with Crippen LogP contribution in [0.5, 0.6) is 0 Å². The van der Waals surface area contributed by atoms with Crippen LogP contribution in [0, 0.1) is 0 Å². The summed E-state index contributed by atoms with van der Waals surface area (Å²) in [5.74, 6) is 0. The molecular formula is C8H13N3O. The first kappa shape index (κ1) is 7.76. The highest BCUT2D eigenvalue weighted by molar-refractivity contribution is 5.16. The summed E-state index contributed by atoms with van der Waals surface area (Å²) in [6.45, 7) is 0. The first-order valence-electron chi connectivity index (χ1n) is 4.08. The van der Waals surface area contributed by atoms with Gasteiger partial charge in [0.05, 0.1) is 5.69 Å². The van der Waals surface area contributed by atoms with Gasteiger partial charge >= 0.3 is 0 Å². The second kappa shape index (κ2) is 2.31. The van der Waals surface area contributed by atoms with E-state index < -0.39 is 5.60 Å². The van der Waals surface area contributed by atoms with Gasteiger partial charge in [-0.05, 0) is 18.9 Å². The lowest BCUT2D eigenvalue weighted by Gasteiger charge is -2.40. The number of aromatic nitrogens is 2. The highest BCUT2D eigenvalue weighted by atomic mass is 16.3. The van der Waals surface area contributed by atoms with Crippen LogP contribution in [0.1, 0.15) is 18.5 Å². The molecule has 0 radical (unpaired) electrons. The van der Waals surface area contributed by atoms with Gasteiger partial charge in [-0.1, -0.05) is 0 Å². The number of hydrogen-bond donors (Lipinski definition) is 2. The molecule has 4 nitrogen and oxygen atoms in total. The fourth-order valence-electron chi connectivity index (χ4n) is 1.68. The number of aliphatic hydroxyl groups is 1. The van der Waals surface area contributed by atoms with Gasteiger partial charge in [-0.3, -0.25) is 4.68 Å². The highest BCUT2D eigenvalue weighted by Crippen LogP contribution is 2.39. The van der Waals surface area contributed by atoms with Crippen molar-refractivity contribution in [3.8, 4) is 0 Å². The maximum atomic E-state index is 9.91. The van der Waals surface area contributed by atoms with Gasteiger partial charge in [0.15, 0.2) is 0 Å². The number of nitrogens with zero attached hydrogens (tertiary/aromatic N) is 2. The minimum absolute atomic E-state index is 0.136. The molecule has 0 aromatic carbocycles. The zero-order valence-electron chi connectivity index (χ0n) is 7.07. The minimum Gasteiger partial charge on any atom is -0.383 e. The van der Waals surface area contributed by atoms with Gasteiger partial charge in [0.1, 0.15) is 5.60 Å². The number of nitrogens with two attached hydrogens (primary N) is 1. The third-order valence-corrected chi connectivity index (χ3v) is 2.39. The summed E-state index contributed by atoms with van der Waals surface area (Å²) in [5.41, 5.74) is 5.60. The van der Waals surface area contributed by atoms with Gasteiger partial charge in [-0.2, -0.15) is 5.10 Å². The van der Waals surface area contributed by atoms with E-state index in [2.05, 4.69) is 5.10 Å². The van der Waals surface area contributed by atoms with Crippen molar-refractivity contribution in [1.29, 1.82) is 0 Å². The zero-order valence-corrected chi connectivity index (χ0v) is 7.07. The van der Waals surface area contributed by atoms with Gasteiger partial charge in [0.2, 0.25) is 0 Å². The molecule has 1 aromatic heterocycles. The molecule has 1 aliphatic carbocycles. The zero-order chi connectivity index (χ0) is 8.77. The third-order valence-electron chi connectivity index (χ3n) is 2.39. The Bertz CT molecular complexity index is 288. The average Bonchev–Trinajstić information content (AvgIpc) is 2.33. The van der Waals surface area contributed by atoms with Gasteiger partial charge in [0, 0.05) is 19.3 Å². The Balaban J connectivity index is 2.20. The Morgan fingerprint density at radius 1 is 1.75 bits per heavy atom. The molecule has 1 saturated carbocycles. The first-order valence-corrected chi connectivity index (χ1v) is 4.08. The van der Waals surface area contributed by atoms with Crippen molar-refractivity contribution in [2.75, 3.05) is 0 Å². The molecular weight excluding hydrogens is 154 g/mol. The number of rotatable bonds is 1. The van der Waals surface area contributed by atoms with Crippen molar-refractivity contribution in [1.82, 2.24) is 9.78 Å². The number of hydrogen-bond acceptors (Lipinski definition) is 3. The average molecular weight is 167 g/mol. The van der Waals surface area contributed by atoms with Crippen LogP contribution in [0.25, 0.3) is 0 Å². The molecule has 1 fully saturated rings. The smallest absolute Gasteiger partial charge is 0.111 e. The van der Waals surface area contributed by atoms with Crippen LogP contribution in [0.4, 0.5) is 0 Å². The lowest BCUT2D eigenvalue weighted by molar-refractivity contribution is -0.0563.